The van der Waals surface area contributed by atoms with Crippen molar-refractivity contribution in [1.82, 2.24) is 10.2 Å². The lowest BCUT2D eigenvalue weighted by molar-refractivity contribution is 0.602. The summed E-state index contributed by atoms with van der Waals surface area (Å²) in [5.74, 6) is -0.948. The van der Waals surface area contributed by atoms with Gasteiger partial charge >= 0.3 is 0 Å². The summed E-state index contributed by atoms with van der Waals surface area (Å²) in [4.78, 5) is 0. The summed E-state index contributed by atoms with van der Waals surface area (Å²) >= 11 is 1.46. The molecule has 78 valence electrons. The molecule has 0 amide bonds. The molecule has 1 aromatic carbocycles. The molecule has 0 aliphatic heterocycles. The zero-order valence-corrected chi connectivity index (χ0v) is 8.74. The van der Waals surface area contributed by atoms with E-state index in [1.165, 1.54) is 11.8 Å². The van der Waals surface area contributed by atoms with Crippen LogP contribution in [0.5, 0.6) is 0 Å². The van der Waals surface area contributed by atoms with Crippen LogP contribution in [0.2, 0.25) is 0 Å². The van der Waals surface area contributed by atoms with Gasteiger partial charge in [0.2, 0.25) is 0 Å². The molecule has 1 N–H and O–H groups in total. The van der Waals surface area contributed by atoms with Crippen molar-refractivity contribution in [3.63, 3.8) is 0 Å². The second-order valence-corrected chi connectivity index (χ2v) is 3.79. The maximum absolute atomic E-state index is 13.3. The Labute approximate surface area is 89.7 Å². The molecule has 2 aromatic rings. The summed E-state index contributed by atoms with van der Waals surface area (Å²) in [7, 11) is 0. The smallest absolute Gasteiger partial charge is 0.132 e. The summed E-state index contributed by atoms with van der Waals surface area (Å²) in [6.45, 7) is 0. The van der Waals surface area contributed by atoms with Gasteiger partial charge in [-0.2, -0.15) is 5.10 Å². The molecule has 2 rings (SSSR count). The van der Waals surface area contributed by atoms with Crippen molar-refractivity contribution >= 4 is 11.8 Å². The minimum Gasteiger partial charge on any atom is -0.271 e. The van der Waals surface area contributed by atoms with Crippen molar-refractivity contribution in [3.05, 3.63) is 35.9 Å². The van der Waals surface area contributed by atoms with Crippen LogP contribution < -0.4 is 0 Å². The fourth-order valence-electron chi connectivity index (χ4n) is 1.24. The van der Waals surface area contributed by atoms with Gasteiger partial charge < -0.3 is 0 Å². The van der Waals surface area contributed by atoms with E-state index in [0.717, 1.165) is 23.2 Å². The van der Waals surface area contributed by atoms with Crippen LogP contribution in [0, 0.1) is 11.6 Å². The summed E-state index contributed by atoms with van der Waals surface area (Å²) in [6.07, 6.45) is 1.87. The number of rotatable bonds is 2. The van der Waals surface area contributed by atoms with Crippen LogP contribution in [0.3, 0.4) is 0 Å². The molecular weight excluding hydrogens is 218 g/mol. The van der Waals surface area contributed by atoms with Gasteiger partial charge in [-0.3, -0.25) is 5.10 Å². The Bertz CT molecular complexity index is 482. The summed E-state index contributed by atoms with van der Waals surface area (Å²) in [6, 6.07) is 5.00. The third-order valence-electron chi connectivity index (χ3n) is 1.98. The van der Waals surface area contributed by atoms with Crippen LogP contribution in [-0.4, -0.2) is 16.5 Å². The van der Waals surface area contributed by atoms with Gasteiger partial charge in [-0.05, 0) is 30.5 Å². The number of aromatic nitrogens is 2. The number of nitrogens with zero attached hydrogens (tertiary/aromatic N) is 1. The molecule has 15 heavy (non-hydrogen) atoms. The van der Waals surface area contributed by atoms with Crippen molar-refractivity contribution in [3.8, 4) is 11.3 Å². The van der Waals surface area contributed by atoms with Crippen LogP contribution >= 0.6 is 11.8 Å². The minimum absolute atomic E-state index is 0.173. The van der Waals surface area contributed by atoms with Crippen molar-refractivity contribution in [2.75, 3.05) is 6.26 Å². The van der Waals surface area contributed by atoms with Crippen LogP contribution in [0.15, 0.2) is 29.3 Å². The Balaban J connectivity index is 2.48. The predicted octanol–water partition coefficient (Wildman–Crippen LogP) is 3.08. The molecule has 0 aliphatic carbocycles. The van der Waals surface area contributed by atoms with Crippen molar-refractivity contribution in [2.45, 2.75) is 5.03 Å². The summed E-state index contributed by atoms with van der Waals surface area (Å²) in [5.41, 5.74) is 0.586. The fourth-order valence-corrected chi connectivity index (χ4v) is 1.61. The zero-order chi connectivity index (χ0) is 10.8. The monoisotopic (exact) mass is 226 g/mol. The lowest BCUT2D eigenvalue weighted by atomic mass is 10.1. The molecule has 0 saturated carbocycles. The molecule has 0 atom stereocenters. The molecule has 1 heterocycles. The maximum Gasteiger partial charge on any atom is 0.132 e. The number of aromatic amines is 1. The van der Waals surface area contributed by atoms with Crippen molar-refractivity contribution < 1.29 is 8.78 Å². The van der Waals surface area contributed by atoms with Gasteiger partial charge in [-0.1, -0.05) is 0 Å². The fraction of sp³-hybridized carbons (Fsp3) is 0.100. The first-order chi connectivity index (χ1) is 7.20. The average molecular weight is 226 g/mol. The molecule has 5 heteroatoms. The molecule has 0 radical (unpaired) electrons. The quantitative estimate of drug-likeness (QED) is 0.797. The highest BCUT2D eigenvalue weighted by atomic mass is 32.2. The van der Waals surface area contributed by atoms with E-state index in [2.05, 4.69) is 10.2 Å². The molecule has 1 aromatic heterocycles. The van der Waals surface area contributed by atoms with Gasteiger partial charge in [-0.15, -0.1) is 11.8 Å². The Morgan fingerprint density at radius 2 is 2.07 bits per heavy atom. The SMILES string of the molecule is CSc1cc(-c2cc(F)ccc2F)n[nH]1. The van der Waals surface area contributed by atoms with Gasteiger partial charge in [0.25, 0.3) is 0 Å². The van der Waals surface area contributed by atoms with E-state index in [-0.39, 0.29) is 5.56 Å². The summed E-state index contributed by atoms with van der Waals surface area (Å²) in [5, 5.41) is 7.44. The van der Waals surface area contributed by atoms with Crippen molar-refractivity contribution in [1.29, 1.82) is 0 Å². The topological polar surface area (TPSA) is 28.7 Å². The van der Waals surface area contributed by atoms with E-state index in [1.54, 1.807) is 6.07 Å². The van der Waals surface area contributed by atoms with Gasteiger partial charge in [0, 0.05) is 5.56 Å². The predicted molar refractivity (Wildman–Crippen MR) is 55.7 cm³/mol. The molecule has 0 unspecified atom stereocenters. The number of nitrogens with one attached hydrogen (secondary N) is 1. The summed E-state index contributed by atoms with van der Waals surface area (Å²) < 4.78 is 26.3. The number of hydrogen-bond donors (Lipinski definition) is 1. The number of hydrogen-bond acceptors (Lipinski definition) is 2. The van der Waals surface area contributed by atoms with E-state index in [4.69, 9.17) is 0 Å². The first-order valence-electron chi connectivity index (χ1n) is 4.25. The molecular formula is C10H8F2N2S. The third-order valence-corrected chi connectivity index (χ3v) is 2.63. The lowest BCUT2D eigenvalue weighted by Gasteiger charge is -1.98. The molecule has 0 spiro atoms. The second-order valence-electron chi connectivity index (χ2n) is 2.95. The van der Waals surface area contributed by atoms with E-state index < -0.39 is 11.6 Å². The normalized spacial score (nSPS) is 10.6. The van der Waals surface area contributed by atoms with Crippen molar-refractivity contribution in [2.24, 2.45) is 0 Å². The Morgan fingerprint density at radius 1 is 1.27 bits per heavy atom. The van der Waals surface area contributed by atoms with Gasteiger partial charge in [0.05, 0.1) is 10.7 Å². The maximum atomic E-state index is 13.3. The molecule has 0 aliphatic rings. The van der Waals surface area contributed by atoms with E-state index in [1.807, 2.05) is 6.26 Å². The highest BCUT2D eigenvalue weighted by molar-refractivity contribution is 7.98. The van der Waals surface area contributed by atoms with Gasteiger partial charge in [0.15, 0.2) is 0 Å². The van der Waals surface area contributed by atoms with Gasteiger partial charge in [0.1, 0.15) is 11.6 Å². The molecule has 2 nitrogen and oxygen atoms in total. The Hall–Kier alpha value is -1.36. The molecule has 0 bridgehead atoms. The zero-order valence-electron chi connectivity index (χ0n) is 7.92. The highest BCUT2D eigenvalue weighted by Crippen LogP contribution is 2.24. The Morgan fingerprint density at radius 3 is 2.73 bits per heavy atom. The van der Waals surface area contributed by atoms with Crippen LogP contribution in [0.4, 0.5) is 8.78 Å². The van der Waals surface area contributed by atoms with Crippen LogP contribution in [0.1, 0.15) is 0 Å². The average Bonchev–Trinajstić information content (AvgIpc) is 2.70. The first kappa shape index (κ1) is 10.2. The third kappa shape index (κ3) is 2.02. The van der Waals surface area contributed by atoms with E-state index in [0.29, 0.717) is 5.69 Å². The number of halogens is 2. The van der Waals surface area contributed by atoms with Gasteiger partial charge in [-0.25, -0.2) is 8.78 Å². The number of H-pyrrole nitrogens is 1. The van der Waals surface area contributed by atoms with E-state index >= 15 is 0 Å². The Kier molecular flexibility index (Phi) is 2.73. The molecule has 0 saturated heterocycles. The number of thioether (sulfide) groups is 1. The second kappa shape index (κ2) is 4.02. The van der Waals surface area contributed by atoms with Crippen LogP contribution in [0.25, 0.3) is 11.3 Å². The minimum atomic E-state index is -0.476. The lowest BCUT2D eigenvalue weighted by Crippen LogP contribution is -1.86. The molecule has 0 fully saturated rings. The standard InChI is InChI=1S/C10H8F2N2S/c1-15-10-5-9(13-14-10)7-4-6(11)2-3-8(7)12/h2-5H,1H3,(H,13,14). The first-order valence-corrected chi connectivity index (χ1v) is 5.48. The highest BCUT2D eigenvalue weighted by Gasteiger charge is 2.09. The van der Waals surface area contributed by atoms with Crippen LogP contribution in [-0.2, 0) is 0 Å². The number of benzene rings is 1. The largest absolute Gasteiger partial charge is 0.271 e. The van der Waals surface area contributed by atoms with E-state index in [9.17, 15) is 8.78 Å².